The van der Waals surface area contributed by atoms with Gasteiger partial charge in [0.1, 0.15) is 5.82 Å². The minimum absolute atomic E-state index is 0.134. The first kappa shape index (κ1) is 16.3. The van der Waals surface area contributed by atoms with Crippen molar-refractivity contribution in [1.82, 2.24) is 10.2 Å². The molecule has 0 bridgehead atoms. The molecule has 0 unspecified atom stereocenters. The molecule has 2 aromatic carbocycles. The number of carbonyl (C=O) groups is 2. The van der Waals surface area contributed by atoms with Crippen LogP contribution in [-0.4, -0.2) is 42.8 Å². The number of nitrogens with one attached hydrogen (secondary N) is 1. The maximum atomic E-state index is 13.1. The van der Waals surface area contributed by atoms with E-state index in [1.165, 1.54) is 24.3 Å². The zero-order valence-electron chi connectivity index (χ0n) is 13.3. The summed E-state index contributed by atoms with van der Waals surface area (Å²) in [6.07, 6.45) is 0.889. The highest BCUT2D eigenvalue weighted by atomic mass is 19.1. The predicted octanol–water partition coefficient (Wildman–Crippen LogP) is 2.49. The van der Waals surface area contributed by atoms with E-state index in [9.17, 15) is 14.0 Å². The lowest BCUT2D eigenvalue weighted by Gasteiger charge is -2.21. The van der Waals surface area contributed by atoms with E-state index in [0.717, 1.165) is 19.5 Å². The van der Waals surface area contributed by atoms with Gasteiger partial charge in [-0.2, -0.15) is 0 Å². The average molecular weight is 326 g/mol. The van der Waals surface area contributed by atoms with Crippen molar-refractivity contribution < 1.29 is 14.0 Å². The van der Waals surface area contributed by atoms with E-state index in [0.29, 0.717) is 29.8 Å². The summed E-state index contributed by atoms with van der Waals surface area (Å²) in [5.41, 5.74) is 1.12. The van der Waals surface area contributed by atoms with E-state index >= 15 is 0 Å². The predicted molar refractivity (Wildman–Crippen MR) is 89.7 cm³/mol. The van der Waals surface area contributed by atoms with Gasteiger partial charge in [0.15, 0.2) is 5.78 Å². The van der Waals surface area contributed by atoms with Crippen LogP contribution in [0.2, 0.25) is 0 Å². The molecule has 1 aliphatic rings. The van der Waals surface area contributed by atoms with Crippen LogP contribution in [0.3, 0.4) is 0 Å². The zero-order valence-corrected chi connectivity index (χ0v) is 13.3. The Hall–Kier alpha value is -2.53. The molecule has 1 amide bonds. The third kappa shape index (κ3) is 3.51. The molecule has 0 radical (unpaired) electrons. The Morgan fingerprint density at radius 1 is 0.917 bits per heavy atom. The summed E-state index contributed by atoms with van der Waals surface area (Å²) in [7, 11) is 0. The van der Waals surface area contributed by atoms with Gasteiger partial charge in [-0.25, -0.2) is 4.39 Å². The maximum Gasteiger partial charge on any atom is 0.254 e. The van der Waals surface area contributed by atoms with Crippen molar-refractivity contribution in [2.75, 3.05) is 26.2 Å². The van der Waals surface area contributed by atoms with Crippen molar-refractivity contribution in [2.45, 2.75) is 6.42 Å². The van der Waals surface area contributed by atoms with Gasteiger partial charge in [0.05, 0.1) is 5.56 Å². The summed E-state index contributed by atoms with van der Waals surface area (Å²) < 4.78 is 13.1. The number of amides is 1. The smallest absolute Gasteiger partial charge is 0.254 e. The summed E-state index contributed by atoms with van der Waals surface area (Å²) in [5, 5.41) is 3.26. The molecule has 0 atom stereocenters. The Morgan fingerprint density at radius 3 is 2.38 bits per heavy atom. The van der Waals surface area contributed by atoms with Crippen LogP contribution in [0.5, 0.6) is 0 Å². The zero-order chi connectivity index (χ0) is 16.9. The summed E-state index contributed by atoms with van der Waals surface area (Å²) >= 11 is 0. The molecule has 0 saturated carbocycles. The van der Waals surface area contributed by atoms with Gasteiger partial charge in [0, 0.05) is 30.8 Å². The Bertz CT molecular complexity index is 735. The minimum atomic E-state index is -0.395. The number of halogens is 1. The second-order valence-electron chi connectivity index (χ2n) is 5.78. The Morgan fingerprint density at radius 2 is 1.62 bits per heavy atom. The second-order valence-corrected chi connectivity index (χ2v) is 5.78. The minimum Gasteiger partial charge on any atom is -0.337 e. The van der Waals surface area contributed by atoms with Gasteiger partial charge in [-0.3, -0.25) is 9.59 Å². The van der Waals surface area contributed by atoms with Crippen LogP contribution in [0.25, 0.3) is 0 Å². The average Bonchev–Trinajstić information content (AvgIpc) is 2.90. The SMILES string of the molecule is O=C(c1ccc(F)cc1)c1ccccc1C(=O)N1CCCNCC1. The van der Waals surface area contributed by atoms with Gasteiger partial charge in [-0.15, -0.1) is 0 Å². The molecule has 24 heavy (non-hydrogen) atoms. The fourth-order valence-corrected chi connectivity index (χ4v) is 2.84. The first-order chi connectivity index (χ1) is 11.7. The largest absolute Gasteiger partial charge is 0.337 e. The van der Waals surface area contributed by atoms with E-state index in [1.54, 1.807) is 29.2 Å². The van der Waals surface area contributed by atoms with Crippen molar-refractivity contribution >= 4 is 11.7 Å². The fourth-order valence-electron chi connectivity index (χ4n) is 2.84. The maximum absolute atomic E-state index is 13.1. The van der Waals surface area contributed by atoms with Crippen molar-refractivity contribution in [3.63, 3.8) is 0 Å². The highest BCUT2D eigenvalue weighted by Crippen LogP contribution is 2.17. The molecule has 2 aromatic rings. The highest BCUT2D eigenvalue weighted by molar-refractivity contribution is 6.15. The molecular weight excluding hydrogens is 307 g/mol. The number of rotatable bonds is 3. The van der Waals surface area contributed by atoms with E-state index in [-0.39, 0.29) is 11.7 Å². The van der Waals surface area contributed by atoms with E-state index in [1.807, 2.05) is 0 Å². The van der Waals surface area contributed by atoms with Crippen molar-refractivity contribution in [3.8, 4) is 0 Å². The normalized spacial score (nSPS) is 15.0. The Labute approximate surface area is 140 Å². The molecule has 1 heterocycles. The van der Waals surface area contributed by atoms with Gasteiger partial charge >= 0.3 is 0 Å². The van der Waals surface area contributed by atoms with Crippen LogP contribution in [-0.2, 0) is 0 Å². The number of benzene rings is 2. The molecule has 0 aliphatic carbocycles. The molecule has 3 rings (SSSR count). The van der Waals surface area contributed by atoms with Gasteiger partial charge in [-0.05, 0) is 43.3 Å². The standard InChI is InChI=1S/C19H19FN2O2/c20-15-8-6-14(7-9-15)18(23)16-4-1-2-5-17(16)19(24)22-12-3-10-21-11-13-22/h1-2,4-9,21H,3,10-13H2. The van der Waals surface area contributed by atoms with Crippen LogP contribution in [0.1, 0.15) is 32.7 Å². The summed E-state index contributed by atoms with van der Waals surface area (Å²) in [6.45, 7) is 2.93. The summed E-state index contributed by atoms with van der Waals surface area (Å²) in [5.74, 6) is -0.801. The van der Waals surface area contributed by atoms with E-state index in [2.05, 4.69) is 5.32 Å². The third-order valence-electron chi connectivity index (χ3n) is 4.14. The van der Waals surface area contributed by atoms with Gasteiger partial charge < -0.3 is 10.2 Å². The molecule has 1 aliphatic heterocycles. The first-order valence-electron chi connectivity index (χ1n) is 8.06. The number of hydrogen-bond acceptors (Lipinski definition) is 3. The quantitative estimate of drug-likeness (QED) is 0.882. The molecule has 1 fully saturated rings. The molecule has 4 nitrogen and oxygen atoms in total. The lowest BCUT2D eigenvalue weighted by atomic mass is 9.97. The fraction of sp³-hybridized carbons (Fsp3) is 0.263. The van der Waals surface area contributed by atoms with Crippen LogP contribution in [0.4, 0.5) is 4.39 Å². The Balaban J connectivity index is 1.91. The Kier molecular flexibility index (Phi) is 5.01. The number of hydrogen-bond donors (Lipinski definition) is 1. The number of carbonyl (C=O) groups excluding carboxylic acids is 2. The molecule has 0 spiro atoms. The van der Waals surface area contributed by atoms with Crippen LogP contribution >= 0.6 is 0 Å². The van der Waals surface area contributed by atoms with Crippen LogP contribution in [0.15, 0.2) is 48.5 Å². The molecule has 1 N–H and O–H groups in total. The molecule has 1 saturated heterocycles. The molecule has 0 aromatic heterocycles. The van der Waals surface area contributed by atoms with Crippen molar-refractivity contribution in [3.05, 3.63) is 71.0 Å². The molecule has 124 valence electrons. The van der Waals surface area contributed by atoms with Crippen molar-refractivity contribution in [2.24, 2.45) is 0 Å². The topological polar surface area (TPSA) is 49.4 Å². The van der Waals surface area contributed by atoms with Crippen LogP contribution < -0.4 is 5.32 Å². The first-order valence-corrected chi connectivity index (χ1v) is 8.06. The van der Waals surface area contributed by atoms with Crippen LogP contribution in [0, 0.1) is 5.82 Å². The van der Waals surface area contributed by atoms with Gasteiger partial charge in [0.25, 0.3) is 5.91 Å². The van der Waals surface area contributed by atoms with E-state index < -0.39 is 5.82 Å². The third-order valence-corrected chi connectivity index (χ3v) is 4.14. The molecule has 5 heteroatoms. The molecular formula is C19H19FN2O2. The second kappa shape index (κ2) is 7.36. The van der Waals surface area contributed by atoms with Crippen molar-refractivity contribution in [1.29, 1.82) is 0 Å². The number of ketones is 1. The number of nitrogens with zero attached hydrogens (tertiary/aromatic N) is 1. The monoisotopic (exact) mass is 326 g/mol. The van der Waals surface area contributed by atoms with Gasteiger partial charge in [0.2, 0.25) is 0 Å². The van der Waals surface area contributed by atoms with Gasteiger partial charge in [-0.1, -0.05) is 18.2 Å². The lowest BCUT2D eigenvalue weighted by molar-refractivity contribution is 0.0762. The van der Waals surface area contributed by atoms with E-state index in [4.69, 9.17) is 0 Å². The summed E-state index contributed by atoms with van der Waals surface area (Å²) in [6, 6.07) is 12.2. The lowest BCUT2D eigenvalue weighted by Crippen LogP contribution is -2.35. The summed E-state index contributed by atoms with van der Waals surface area (Å²) in [4.78, 5) is 27.4. The highest BCUT2D eigenvalue weighted by Gasteiger charge is 2.23.